The molecule has 2 aromatic rings. The number of hydrogen-bond acceptors (Lipinski definition) is 3. The van der Waals surface area contributed by atoms with Gasteiger partial charge < -0.3 is 0 Å². The van der Waals surface area contributed by atoms with Gasteiger partial charge in [-0.05, 0) is 31.0 Å². The number of carbonyl (C=O) groups is 1. The Hall–Kier alpha value is -2.30. The van der Waals surface area contributed by atoms with Gasteiger partial charge in [0.2, 0.25) is 0 Å². The van der Waals surface area contributed by atoms with Crippen LogP contribution in [0.15, 0.2) is 36.9 Å². The summed E-state index contributed by atoms with van der Waals surface area (Å²) in [5.74, 6) is -0.308. The monoisotopic (exact) mass is 273 g/mol. The highest BCUT2D eigenvalue weighted by Crippen LogP contribution is 2.11. The van der Waals surface area contributed by atoms with Gasteiger partial charge in [-0.15, -0.1) is 11.7 Å². The molecule has 0 atom stereocenters. The Morgan fingerprint density at radius 2 is 2.10 bits per heavy atom. The van der Waals surface area contributed by atoms with E-state index >= 15 is 0 Å². The molecule has 0 N–H and O–H groups in total. The summed E-state index contributed by atoms with van der Waals surface area (Å²) in [7, 11) is 0. The summed E-state index contributed by atoms with van der Waals surface area (Å²) in [5, 5.41) is 7.93. The van der Waals surface area contributed by atoms with Crippen molar-refractivity contribution in [1.29, 1.82) is 0 Å². The van der Waals surface area contributed by atoms with Crippen LogP contribution < -0.4 is 0 Å². The number of rotatable bonds is 6. The van der Waals surface area contributed by atoms with E-state index in [4.69, 9.17) is 0 Å². The quantitative estimate of drug-likeness (QED) is 0.600. The Labute approximate surface area is 116 Å². The summed E-state index contributed by atoms with van der Waals surface area (Å²) in [4.78, 5) is 11.9. The lowest BCUT2D eigenvalue weighted by Gasteiger charge is -2.04. The molecule has 5 heteroatoms. The number of nitrogens with zero attached hydrogens (tertiary/aromatic N) is 3. The topological polar surface area (TPSA) is 47.8 Å². The zero-order valence-electron chi connectivity index (χ0n) is 11.3. The minimum atomic E-state index is -0.274. The van der Waals surface area contributed by atoms with Gasteiger partial charge in [-0.3, -0.25) is 4.79 Å². The fraction of sp³-hybridized carbons (Fsp3) is 0.267. The van der Waals surface area contributed by atoms with Crippen LogP contribution in [0, 0.1) is 12.7 Å². The van der Waals surface area contributed by atoms with E-state index in [0.717, 1.165) is 11.3 Å². The molecule has 1 heterocycles. The molecule has 0 spiro atoms. The van der Waals surface area contributed by atoms with Crippen molar-refractivity contribution in [3.8, 4) is 0 Å². The van der Waals surface area contributed by atoms with Gasteiger partial charge >= 0.3 is 0 Å². The van der Waals surface area contributed by atoms with Crippen molar-refractivity contribution in [2.75, 3.05) is 0 Å². The molecule has 104 valence electrons. The molecule has 1 aromatic carbocycles. The fourth-order valence-electron chi connectivity index (χ4n) is 1.88. The SMILES string of the molecule is C=CCCC(=O)c1nnn(Cc2ccc(F)cc2)c1C. The van der Waals surface area contributed by atoms with Crippen LogP contribution in [0.1, 0.15) is 34.6 Å². The van der Waals surface area contributed by atoms with E-state index in [2.05, 4.69) is 16.9 Å². The number of ketones is 1. The van der Waals surface area contributed by atoms with Crippen molar-refractivity contribution in [3.63, 3.8) is 0 Å². The molecule has 0 aliphatic carbocycles. The third-order valence-electron chi connectivity index (χ3n) is 3.07. The highest BCUT2D eigenvalue weighted by Gasteiger charge is 2.15. The molecule has 0 fully saturated rings. The molecule has 0 saturated carbocycles. The summed E-state index contributed by atoms with van der Waals surface area (Å²) in [6.07, 6.45) is 2.72. The molecule has 0 aliphatic heterocycles. The zero-order chi connectivity index (χ0) is 14.5. The first-order valence-electron chi connectivity index (χ1n) is 6.40. The maximum Gasteiger partial charge on any atom is 0.185 e. The molecular weight excluding hydrogens is 257 g/mol. The van der Waals surface area contributed by atoms with E-state index in [9.17, 15) is 9.18 Å². The Morgan fingerprint density at radius 3 is 2.75 bits per heavy atom. The normalized spacial score (nSPS) is 10.5. The second-order valence-electron chi connectivity index (χ2n) is 4.56. The minimum Gasteiger partial charge on any atom is -0.292 e. The largest absolute Gasteiger partial charge is 0.292 e. The molecule has 0 saturated heterocycles. The third kappa shape index (κ3) is 3.17. The number of benzene rings is 1. The van der Waals surface area contributed by atoms with Crippen LogP contribution in [0.5, 0.6) is 0 Å². The number of hydrogen-bond donors (Lipinski definition) is 0. The van der Waals surface area contributed by atoms with Crippen molar-refractivity contribution in [2.24, 2.45) is 0 Å². The molecule has 0 amide bonds. The van der Waals surface area contributed by atoms with E-state index < -0.39 is 0 Å². The number of aromatic nitrogens is 3. The predicted molar refractivity (Wildman–Crippen MR) is 74.0 cm³/mol. The summed E-state index contributed by atoms with van der Waals surface area (Å²) >= 11 is 0. The van der Waals surface area contributed by atoms with Crippen LogP contribution in [-0.2, 0) is 6.54 Å². The van der Waals surface area contributed by atoms with E-state index in [1.165, 1.54) is 12.1 Å². The van der Waals surface area contributed by atoms with Crippen molar-refractivity contribution >= 4 is 5.78 Å². The second kappa shape index (κ2) is 6.23. The molecule has 1 aromatic heterocycles. The van der Waals surface area contributed by atoms with Crippen molar-refractivity contribution in [1.82, 2.24) is 15.0 Å². The minimum absolute atomic E-state index is 0.0345. The highest BCUT2D eigenvalue weighted by molar-refractivity contribution is 5.95. The van der Waals surface area contributed by atoms with E-state index in [1.807, 2.05) is 6.92 Å². The molecule has 0 aliphatic rings. The van der Waals surface area contributed by atoms with Crippen LogP contribution in [0.2, 0.25) is 0 Å². The van der Waals surface area contributed by atoms with Gasteiger partial charge in [0, 0.05) is 6.42 Å². The lowest BCUT2D eigenvalue weighted by molar-refractivity contribution is 0.0978. The van der Waals surface area contributed by atoms with E-state index in [0.29, 0.717) is 25.1 Å². The molecule has 4 nitrogen and oxygen atoms in total. The van der Waals surface area contributed by atoms with Crippen LogP contribution in [0.3, 0.4) is 0 Å². The lowest BCUT2D eigenvalue weighted by atomic mass is 10.1. The third-order valence-corrected chi connectivity index (χ3v) is 3.07. The average molecular weight is 273 g/mol. The average Bonchev–Trinajstić information content (AvgIpc) is 2.80. The molecule has 0 bridgehead atoms. The van der Waals surface area contributed by atoms with Crippen molar-refractivity contribution in [2.45, 2.75) is 26.3 Å². The Kier molecular flexibility index (Phi) is 4.40. The summed E-state index contributed by atoms with van der Waals surface area (Å²) in [6.45, 7) is 5.87. The van der Waals surface area contributed by atoms with E-state index in [1.54, 1.807) is 22.9 Å². The predicted octanol–water partition coefficient (Wildman–Crippen LogP) is 2.92. The Morgan fingerprint density at radius 1 is 1.40 bits per heavy atom. The summed E-state index contributed by atoms with van der Waals surface area (Å²) < 4.78 is 14.5. The van der Waals surface area contributed by atoms with Crippen LogP contribution in [-0.4, -0.2) is 20.8 Å². The Balaban J connectivity index is 2.14. The first-order chi connectivity index (χ1) is 9.61. The van der Waals surface area contributed by atoms with Crippen LogP contribution >= 0.6 is 0 Å². The first kappa shape index (κ1) is 14.1. The van der Waals surface area contributed by atoms with Gasteiger partial charge in [0.1, 0.15) is 5.82 Å². The summed E-state index contributed by atoms with van der Waals surface area (Å²) in [6, 6.07) is 6.18. The number of allylic oxidation sites excluding steroid dienone is 1. The number of Topliss-reactive ketones (excluding diaryl/α,β-unsaturated/α-hetero) is 1. The van der Waals surface area contributed by atoms with Gasteiger partial charge in [0.05, 0.1) is 12.2 Å². The van der Waals surface area contributed by atoms with E-state index in [-0.39, 0.29) is 11.6 Å². The van der Waals surface area contributed by atoms with Gasteiger partial charge in [0.25, 0.3) is 0 Å². The van der Waals surface area contributed by atoms with Crippen molar-refractivity contribution < 1.29 is 9.18 Å². The summed E-state index contributed by atoms with van der Waals surface area (Å²) in [5.41, 5.74) is 2.03. The second-order valence-corrected chi connectivity index (χ2v) is 4.56. The Bertz CT molecular complexity index is 617. The lowest BCUT2D eigenvalue weighted by Crippen LogP contribution is -2.06. The fourth-order valence-corrected chi connectivity index (χ4v) is 1.88. The standard InChI is InChI=1S/C15H16FN3O/c1-3-4-5-14(20)15-11(2)19(18-17-15)10-12-6-8-13(16)9-7-12/h3,6-9H,1,4-5,10H2,2H3. The molecule has 0 radical (unpaired) electrons. The van der Waals surface area contributed by atoms with Crippen LogP contribution in [0.25, 0.3) is 0 Å². The van der Waals surface area contributed by atoms with Gasteiger partial charge in [-0.2, -0.15) is 0 Å². The van der Waals surface area contributed by atoms with Crippen molar-refractivity contribution in [3.05, 3.63) is 59.7 Å². The molecule has 2 rings (SSSR count). The van der Waals surface area contributed by atoms with Crippen LogP contribution in [0.4, 0.5) is 4.39 Å². The van der Waals surface area contributed by atoms with Gasteiger partial charge in [-0.25, -0.2) is 9.07 Å². The highest BCUT2D eigenvalue weighted by atomic mass is 19.1. The maximum atomic E-state index is 12.8. The smallest absolute Gasteiger partial charge is 0.185 e. The molecule has 20 heavy (non-hydrogen) atoms. The molecular formula is C15H16FN3O. The first-order valence-corrected chi connectivity index (χ1v) is 6.40. The number of halogens is 1. The van der Waals surface area contributed by atoms with Gasteiger partial charge in [-0.1, -0.05) is 23.4 Å². The zero-order valence-corrected chi connectivity index (χ0v) is 11.3. The maximum absolute atomic E-state index is 12.8. The number of carbonyl (C=O) groups excluding carboxylic acids is 1. The molecule has 0 unspecified atom stereocenters. The van der Waals surface area contributed by atoms with Gasteiger partial charge in [0.15, 0.2) is 11.5 Å².